The normalized spacial score (nSPS) is 9.61. The number of nitrogens with zero attached hydrogens (tertiary/aromatic N) is 2. The lowest BCUT2D eigenvalue weighted by molar-refractivity contribution is -0.384. The van der Waals surface area contributed by atoms with Crippen LogP contribution in [0.3, 0.4) is 0 Å². The molecule has 0 unspecified atom stereocenters. The Kier molecular flexibility index (Phi) is 4.79. The van der Waals surface area contributed by atoms with E-state index in [0.29, 0.717) is 12.1 Å². The zero-order valence-corrected chi connectivity index (χ0v) is 9.74. The van der Waals surface area contributed by atoms with Crippen LogP contribution in [0.5, 0.6) is 0 Å². The summed E-state index contributed by atoms with van der Waals surface area (Å²) in [4.78, 5) is 33.1. The summed E-state index contributed by atoms with van der Waals surface area (Å²) >= 11 is 0. The molecule has 1 rings (SSSR count). The van der Waals surface area contributed by atoms with Gasteiger partial charge >= 0.3 is 5.97 Å². The van der Waals surface area contributed by atoms with Crippen LogP contribution in [0.25, 0.3) is 0 Å². The third-order valence-corrected chi connectivity index (χ3v) is 2.12. The number of hydrogen-bond donors (Lipinski definition) is 0. The second-order valence-electron chi connectivity index (χ2n) is 3.31. The van der Waals surface area contributed by atoms with Crippen molar-refractivity contribution in [3.63, 3.8) is 0 Å². The Hall–Kier alpha value is -2.44. The number of esters is 1. The molecule has 0 aliphatic rings. The molecule has 0 fully saturated rings. The summed E-state index contributed by atoms with van der Waals surface area (Å²) in [5.74, 6) is -0.539. The largest absolute Gasteiger partial charge is 0.465 e. The number of hydrogen-bond acceptors (Lipinski definition) is 5. The van der Waals surface area contributed by atoms with E-state index in [4.69, 9.17) is 4.74 Å². The molecule has 1 aromatic carbocycles. The maximum Gasteiger partial charge on any atom is 0.326 e. The molecule has 0 radical (unpaired) electrons. The number of rotatable bonds is 6. The van der Waals surface area contributed by atoms with Crippen molar-refractivity contribution in [2.75, 3.05) is 18.1 Å². The van der Waals surface area contributed by atoms with E-state index in [-0.39, 0.29) is 18.8 Å². The van der Waals surface area contributed by atoms with E-state index in [1.54, 1.807) is 6.92 Å². The highest BCUT2D eigenvalue weighted by Gasteiger charge is 2.13. The fourth-order valence-corrected chi connectivity index (χ4v) is 1.30. The number of ether oxygens (including phenoxy) is 1. The molecule has 0 bridgehead atoms. The quantitative estimate of drug-likeness (QED) is 0.327. The molecule has 1 aromatic rings. The molecule has 18 heavy (non-hydrogen) atoms. The van der Waals surface area contributed by atoms with E-state index in [2.05, 4.69) is 0 Å². The van der Waals surface area contributed by atoms with Crippen LogP contribution in [0.1, 0.15) is 6.92 Å². The first-order chi connectivity index (χ1) is 8.58. The summed E-state index contributed by atoms with van der Waals surface area (Å²) in [6.07, 6.45) is 0.470. The fraction of sp³-hybridized carbons (Fsp3) is 0.273. The van der Waals surface area contributed by atoms with Gasteiger partial charge in [-0.1, -0.05) is 0 Å². The minimum absolute atomic E-state index is 0.0827. The first kappa shape index (κ1) is 13.6. The third-order valence-electron chi connectivity index (χ3n) is 2.12. The molecule has 0 aliphatic carbocycles. The van der Waals surface area contributed by atoms with E-state index in [1.165, 1.54) is 24.3 Å². The van der Waals surface area contributed by atoms with Crippen LogP contribution in [0.4, 0.5) is 11.4 Å². The Bertz CT molecular complexity index is 443. The fourth-order valence-electron chi connectivity index (χ4n) is 1.30. The predicted octanol–water partition coefficient (Wildman–Crippen LogP) is 1.12. The van der Waals surface area contributed by atoms with Crippen molar-refractivity contribution < 1.29 is 19.2 Å². The third kappa shape index (κ3) is 3.55. The molecule has 0 aromatic heterocycles. The summed E-state index contributed by atoms with van der Waals surface area (Å²) in [6.45, 7) is 1.66. The monoisotopic (exact) mass is 252 g/mol. The first-order valence-corrected chi connectivity index (χ1v) is 5.20. The molecular weight excluding hydrogens is 240 g/mol. The zero-order chi connectivity index (χ0) is 13.5. The van der Waals surface area contributed by atoms with Gasteiger partial charge in [-0.15, -0.1) is 0 Å². The van der Waals surface area contributed by atoms with Gasteiger partial charge in [0.2, 0.25) is 6.41 Å². The summed E-state index contributed by atoms with van der Waals surface area (Å²) < 4.78 is 4.71. The second-order valence-corrected chi connectivity index (χ2v) is 3.31. The maximum atomic E-state index is 11.2. The lowest BCUT2D eigenvalue weighted by Gasteiger charge is -2.15. The van der Waals surface area contributed by atoms with Crippen LogP contribution < -0.4 is 4.90 Å². The smallest absolute Gasteiger partial charge is 0.326 e. The van der Waals surface area contributed by atoms with Gasteiger partial charge in [-0.3, -0.25) is 19.7 Å². The number of amides is 1. The van der Waals surface area contributed by atoms with Gasteiger partial charge in [0.05, 0.1) is 11.5 Å². The SMILES string of the molecule is CCOC(=O)CN(C=O)c1ccc([N+](=O)[O-])cc1. The minimum atomic E-state index is -0.541. The molecule has 0 saturated heterocycles. The van der Waals surface area contributed by atoms with Gasteiger partial charge in [0.1, 0.15) is 6.54 Å². The lowest BCUT2D eigenvalue weighted by Crippen LogP contribution is -2.29. The molecule has 7 nitrogen and oxygen atoms in total. The van der Waals surface area contributed by atoms with Gasteiger partial charge in [-0.2, -0.15) is 0 Å². The van der Waals surface area contributed by atoms with Gasteiger partial charge < -0.3 is 9.64 Å². The van der Waals surface area contributed by atoms with Crippen molar-refractivity contribution in [3.8, 4) is 0 Å². The Morgan fingerprint density at radius 1 is 1.44 bits per heavy atom. The predicted molar refractivity (Wildman–Crippen MR) is 63.1 cm³/mol. The van der Waals surface area contributed by atoms with Crippen molar-refractivity contribution in [1.82, 2.24) is 0 Å². The van der Waals surface area contributed by atoms with E-state index < -0.39 is 10.9 Å². The number of non-ortho nitro benzene ring substituents is 1. The van der Waals surface area contributed by atoms with Gasteiger partial charge in [-0.25, -0.2) is 0 Å². The van der Waals surface area contributed by atoms with Crippen LogP contribution in [0.15, 0.2) is 24.3 Å². The lowest BCUT2D eigenvalue weighted by atomic mass is 10.2. The topological polar surface area (TPSA) is 89.8 Å². The highest BCUT2D eigenvalue weighted by Crippen LogP contribution is 2.18. The number of anilines is 1. The van der Waals surface area contributed by atoms with E-state index >= 15 is 0 Å². The van der Waals surface area contributed by atoms with Crippen LogP contribution in [-0.4, -0.2) is 30.5 Å². The van der Waals surface area contributed by atoms with Crippen LogP contribution in [0, 0.1) is 10.1 Å². The summed E-state index contributed by atoms with van der Waals surface area (Å²) in [7, 11) is 0. The Labute approximate surface area is 103 Å². The average molecular weight is 252 g/mol. The summed E-state index contributed by atoms with van der Waals surface area (Å²) in [5, 5.41) is 10.5. The number of nitro groups is 1. The second kappa shape index (κ2) is 6.33. The molecule has 96 valence electrons. The summed E-state index contributed by atoms with van der Waals surface area (Å²) in [6, 6.07) is 5.31. The molecule has 7 heteroatoms. The van der Waals surface area contributed by atoms with Crippen LogP contribution >= 0.6 is 0 Å². The zero-order valence-electron chi connectivity index (χ0n) is 9.74. The summed E-state index contributed by atoms with van der Waals surface area (Å²) in [5.41, 5.74) is 0.310. The average Bonchev–Trinajstić information content (AvgIpc) is 2.36. The standard InChI is InChI=1S/C11H12N2O5/c1-2-18-11(15)7-12(8-14)9-3-5-10(6-4-9)13(16)17/h3-6,8H,2,7H2,1H3. The Morgan fingerprint density at radius 3 is 2.50 bits per heavy atom. The number of carbonyl (C=O) groups excluding carboxylic acids is 2. The van der Waals surface area contributed by atoms with Crippen molar-refractivity contribution in [2.24, 2.45) is 0 Å². The highest BCUT2D eigenvalue weighted by atomic mass is 16.6. The number of carbonyl (C=O) groups is 2. The van der Waals surface area contributed by atoms with Crippen molar-refractivity contribution in [3.05, 3.63) is 34.4 Å². The van der Waals surface area contributed by atoms with Crippen molar-refractivity contribution in [1.29, 1.82) is 0 Å². The molecular formula is C11H12N2O5. The highest BCUT2D eigenvalue weighted by molar-refractivity contribution is 5.85. The first-order valence-electron chi connectivity index (χ1n) is 5.20. The van der Waals surface area contributed by atoms with E-state index in [0.717, 1.165) is 4.90 Å². The minimum Gasteiger partial charge on any atom is -0.465 e. The Balaban J connectivity index is 2.79. The van der Waals surface area contributed by atoms with E-state index in [1.807, 2.05) is 0 Å². The molecule has 0 spiro atoms. The van der Waals surface area contributed by atoms with Gasteiger partial charge in [-0.05, 0) is 19.1 Å². The molecule has 0 N–H and O–H groups in total. The maximum absolute atomic E-state index is 11.2. The van der Waals surface area contributed by atoms with Crippen LogP contribution in [0.2, 0.25) is 0 Å². The molecule has 1 amide bonds. The molecule has 0 aliphatic heterocycles. The molecule has 0 heterocycles. The molecule has 0 atom stereocenters. The van der Waals surface area contributed by atoms with Gasteiger partial charge in [0, 0.05) is 17.8 Å². The van der Waals surface area contributed by atoms with Crippen LogP contribution in [-0.2, 0) is 14.3 Å². The number of nitro benzene ring substituents is 1. The molecule has 0 saturated carbocycles. The van der Waals surface area contributed by atoms with E-state index in [9.17, 15) is 19.7 Å². The number of benzene rings is 1. The van der Waals surface area contributed by atoms with Crippen molar-refractivity contribution >= 4 is 23.8 Å². The van der Waals surface area contributed by atoms with Gasteiger partial charge in [0.15, 0.2) is 0 Å². The van der Waals surface area contributed by atoms with Crippen molar-refractivity contribution in [2.45, 2.75) is 6.92 Å². The Morgan fingerprint density at radius 2 is 2.06 bits per heavy atom. The van der Waals surface area contributed by atoms with Gasteiger partial charge in [0.25, 0.3) is 5.69 Å².